The third kappa shape index (κ3) is 5.89. The van der Waals surface area contributed by atoms with Crippen LogP contribution in [0.5, 0.6) is 0 Å². The number of hydrogen-bond acceptors (Lipinski definition) is 3. The Balaban J connectivity index is 2.54. The lowest BCUT2D eigenvalue weighted by Crippen LogP contribution is -2.44. The first-order chi connectivity index (χ1) is 9.26. The van der Waals surface area contributed by atoms with Crippen molar-refractivity contribution in [2.24, 2.45) is 5.92 Å². The molecule has 0 saturated carbocycles. The molecule has 1 saturated heterocycles. The fourth-order valence-electron chi connectivity index (χ4n) is 3.07. The van der Waals surface area contributed by atoms with E-state index in [-0.39, 0.29) is 0 Å². The van der Waals surface area contributed by atoms with Gasteiger partial charge >= 0.3 is 0 Å². The van der Waals surface area contributed by atoms with Gasteiger partial charge < -0.3 is 5.32 Å². The van der Waals surface area contributed by atoms with Gasteiger partial charge in [-0.3, -0.25) is 0 Å². The second-order valence-electron chi connectivity index (χ2n) is 5.70. The lowest BCUT2D eigenvalue weighted by Gasteiger charge is -2.37. The van der Waals surface area contributed by atoms with Crippen LogP contribution in [0.25, 0.3) is 0 Å². The Morgan fingerprint density at radius 3 is 2.47 bits per heavy atom. The van der Waals surface area contributed by atoms with Crippen molar-refractivity contribution in [2.45, 2.75) is 75.8 Å². The van der Waals surface area contributed by atoms with E-state index in [9.17, 15) is 0 Å². The van der Waals surface area contributed by atoms with Crippen molar-refractivity contribution < 1.29 is 0 Å². The summed E-state index contributed by atoms with van der Waals surface area (Å²) >= 11 is 4.43. The minimum Gasteiger partial charge on any atom is -0.316 e. The van der Waals surface area contributed by atoms with Gasteiger partial charge in [-0.25, -0.2) is 0 Å². The fraction of sp³-hybridized carbons (Fsp3) is 1.00. The average molecular weight is 304 g/mol. The zero-order valence-electron chi connectivity index (χ0n) is 13.3. The second-order valence-corrected chi connectivity index (χ2v) is 8.33. The smallest absolute Gasteiger partial charge is 0.0320 e. The SMILES string of the molecule is CCCCC(CC)CC(NC)C1SCCSC1CC. The van der Waals surface area contributed by atoms with Crippen LogP contribution in [0.15, 0.2) is 0 Å². The number of rotatable bonds is 9. The van der Waals surface area contributed by atoms with Gasteiger partial charge in [-0.15, -0.1) is 0 Å². The lowest BCUT2D eigenvalue weighted by atomic mass is 9.90. The summed E-state index contributed by atoms with van der Waals surface area (Å²) in [7, 11) is 2.17. The minimum absolute atomic E-state index is 0.713. The predicted octanol–water partition coefficient (Wildman–Crippen LogP) is 4.81. The summed E-state index contributed by atoms with van der Waals surface area (Å²) in [5.74, 6) is 3.61. The first-order valence-electron chi connectivity index (χ1n) is 8.17. The van der Waals surface area contributed by atoms with Crippen LogP contribution in [-0.4, -0.2) is 35.1 Å². The van der Waals surface area contributed by atoms with Gasteiger partial charge in [0, 0.05) is 28.0 Å². The van der Waals surface area contributed by atoms with Gasteiger partial charge in [-0.1, -0.05) is 46.5 Å². The summed E-state index contributed by atoms with van der Waals surface area (Å²) < 4.78 is 0. The van der Waals surface area contributed by atoms with Crippen LogP contribution < -0.4 is 5.32 Å². The molecule has 114 valence electrons. The monoisotopic (exact) mass is 303 g/mol. The highest BCUT2D eigenvalue weighted by Gasteiger charge is 2.32. The van der Waals surface area contributed by atoms with E-state index in [4.69, 9.17) is 0 Å². The molecule has 3 heteroatoms. The zero-order valence-corrected chi connectivity index (χ0v) is 14.9. The first-order valence-corrected chi connectivity index (χ1v) is 10.3. The first kappa shape index (κ1) is 17.7. The van der Waals surface area contributed by atoms with E-state index in [0.29, 0.717) is 6.04 Å². The van der Waals surface area contributed by atoms with Gasteiger partial charge in [0.05, 0.1) is 0 Å². The molecule has 1 aliphatic rings. The van der Waals surface area contributed by atoms with Crippen molar-refractivity contribution in [3.8, 4) is 0 Å². The molecule has 0 bridgehead atoms. The van der Waals surface area contributed by atoms with Crippen LogP contribution in [-0.2, 0) is 0 Å². The Labute approximate surface area is 129 Å². The molecule has 19 heavy (non-hydrogen) atoms. The summed E-state index contributed by atoms with van der Waals surface area (Å²) in [6, 6.07) is 0.713. The van der Waals surface area contributed by atoms with Crippen molar-refractivity contribution in [3.63, 3.8) is 0 Å². The lowest BCUT2D eigenvalue weighted by molar-refractivity contribution is 0.351. The van der Waals surface area contributed by atoms with Crippen LogP contribution in [0.4, 0.5) is 0 Å². The van der Waals surface area contributed by atoms with Crippen LogP contribution in [0, 0.1) is 5.92 Å². The molecule has 0 aromatic rings. The normalized spacial score (nSPS) is 27.2. The molecule has 4 unspecified atom stereocenters. The van der Waals surface area contributed by atoms with Crippen LogP contribution in [0.1, 0.15) is 59.3 Å². The van der Waals surface area contributed by atoms with E-state index >= 15 is 0 Å². The summed E-state index contributed by atoms with van der Waals surface area (Å²) in [5.41, 5.74) is 0. The van der Waals surface area contributed by atoms with Crippen molar-refractivity contribution in [1.82, 2.24) is 5.32 Å². The molecule has 0 radical (unpaired) electrons. The summed E-state index contributed by atoms with van der Waals surface area (Å²) in [6.45, 7) is 7.04. The molecule has 1 heterocycles. The Hall–Kier alpha value is 0.660. The van der Waals surface area contributed by atoms with E-state index in [2.05, 4.69) is 56.7 Å². The van der Waals surface area contributed by atoms with Gasteiger partial charge in [0.2, 0.25) is 0 Å². The predicted molar refractivity (Wildman–Crippen MR) is 93.6 cm³/mol. The van der Waals surface area contributed by atoms with E-state index in [1.807, 2.05) is 0 Å². The molecule has 1 rings (SSSR count). The Morgan fingerprint density at radius 1 is 1.16 bits per heavy atom. The Morgan fingerprint density at radius 2 is 1.89 bits per heavy atom. The number of hydrogen-bond donors (Lipinski definition) is 1. The number of unbranched alkanes of at least 4 members (excludes halogenated alkanes) is 1. The van der Waals surface area contributed by atoms with E-state index < -0.39 is 0 Å². The molecule has 1 aliphatic heterocycles. The largest absolute Gasteiger partial charge is 0.316 e. The van der Waals surface area contributed by atoms with Crippen LogP contribution >= 0.6 is 23.5 Å². The Kier molecular flexibility index (Phi) is 9.69. The highest BCUT2D eigenvalue weighted by atomic mass is 32.2. The van der Waals surface area contributed by atoms with E-state index in [1.54, 1.807) is 0 Å². The molecule has 0 spiro atoms. The number of nitrogens with one attached hydrogen (secondary N) is 1. The summed E-state index contributed by atoms with van der Waals surface area (Å²) in [5, 5.41) is 5.33. The maximum atomic E-state index is 3.64. The molecule has 4 atom stereocenters. The maximum absolute atomic E-state index is 3.64. The molecule has 0 aromatic carbocycles. The zero-order chi connectivity index (χ0) is 14.1. The van der Waals surface area contributed by atoms with Gasteiger partial charge in [-0.05, 0) is 25.8 Å². The number of thioether (sulfide) groups is 2. The van der Waals surface area contributed by atoms with E-state index in [0.717, 1.165) is 16.4 Å². The third-order valence-corrected chi connectivity index (χ3v) is 7.80. The van der Waals surface area contributed by atoms with Crippen molar-refractivity contribution in [1.29, 1.82) is 0 Å². The van der Waals surface area contributed by atoms with Gasteiger partial charge in [-0.2, -0.15) is 23.5 Å². The Bertz CT molecular complexity index is 223. The average Bonchev–Trinajstić information content (AvgIpc) is 2.47. The minimum atomic E-state index is 0.713. The third-order valence-electron chi connectivity index (χ3n) is 4.39. The molecule has 1 N–H and O–H groups in total. The highest BCUT2D eigenvalue weighted by Crippen LogP contribution is 2.37. The summed E-state index contributed by atoms with van der Waals surface area (Å²) in [4.78, 5) is 0. The van der Waals surface area contributed by atoms with Crippen molar-refractivity contribution >= 4 is 23.5 Å². The maximum Gasteiger partial charge on any atom is 0.0320 e. The van der Waals surface area contributed by atoms with E-state index in [1.165, 1.54) is 50.0 Å². The van der Waals surface area contributed by atoms with Gasteiger partial charge in [0.25, 0.3) is 0 Å². The van der Waals surface area contributed by atoms with Crippen LogP contribution in [0.3, 0.4) is 0 Å². The molecule has 0 aliphatic carbocycles. The summed E-state index contributed by atoms with van der Waals surface area (Å²) in [6.07, 6.45) is 8.21. The molecule has 1 fully saturated rings. The molecular formula is C16H33NS2. The topological polar surface area (TPSA) is 12.0 Å². The fourth-order valence-corrected chi connectivity index (χ4v) is 6.39. The standard InChI is InChI=1S/C16H33NS2/c1-5-8-9-13(6-2)12-14(17-4)16-15(7-3)18-10-11-19-16/h13-17H,5-12H2,1-4H3. The quantitative estimate of drug-likeness (QED) is 0.656. The van der Waals surface area contributed by atoms with Crippen LogP contribution in [0.2, 0.25) is 0 Å². The van der Waals surface area contributed by atoms with Gasteiger partial charge in [0.15, 0.2) is 0 Å². The molecule has 1 nitrogen and oxygen atoms in total. The van der Waals surface area contributed by atoms with Crippen molar-refractivity contribution in [3.05, 3.63) is 0 Å². The second kappa shape index (κ2) is 10.4. The van der Waals surface area contributed by atoms with Gasteiger partial charge in [0.1, 0.15) is 0 Å². The van der Waals surface area contributed by atoms with Crippen molar-refractivity contribution in [2.75, 3.05) is 18.6 Å². The molecule has 0 aromatic heterocycles. The molecule has 0 amide bonds. The highest BCUT2D eigenvalue weighted by molar-refractivity contribution is 8.07. The molecular weight excluding hydrogens is 270 g/mol.